The van der Waals surface area contributed by atoms with Crippen molar-refractivity contribution in [3.63, 3.8) is 0 Å². The van der Waals surface area contributed by atoms with Gasteiger partial charge in [-0.15, -0.1) is 0 Å². The summed E-state index contributed by atoms with van der Waals surface area (Å²) in [5.41, 5.74) is 2.84. The molecule has 6 heteroatoms. The van der Waals surface area contributed by atoms with Crippen LogP contribution in [0.3, 0.4) is 0 Å². The molecule has 0 aromatic heterocycles. The minimum Gasteiger partial charge on any atom is -0.457 e. The summed E-state index contributed by atoms with van der Waals surface area (Å²) in [5.74, 6) is -1.38. The first-order valence-corrected chi connectivity index (χ1v) is 13.3. The standard InChI is InChI=1S/C31H44O6/c1-10-11-12-13-16-31(8,9)24-17-26(35-21(5)32)29(27(18-24)36-22(6)33)28-25(19(2)3)15-14-20(4)30(28)37-23(7)34/h17-18,25,28,30H,2,4,10-16H2,1,3,5-9H3/t25-,28+,30?/m0/s1. The summed E-state index contributed by atoms with van der Waals surface area (Å²) in [5, 5.41) is 0. The number of carbonyl (C=O) groups excluding carboxylic acids is 3. The van der Waals surface area contributed by atoms with Crippen LogP contribution >= 0.6 is 0 Å². The zero-order valence-electron chi connectivity index (χ0n) is 23.7. The monoisotopic (exact) mass is 512 g/mol. The molecule has 1 aromatic carbocycles. The molecule has 0 saturated heterocycles. The van der Waals surface area contributed by atoms with Gasteiger partial charge in [-0.1, -0.05) is 65.2 Å². The molecule has 0 aliphatic heterocycles. The number of allylic oxidation sites excluding steroid dienone is 1. The van der Waals surface area contributed by atoms with Crippen molar-refractivity contribution in [1.29, 1.82) is 0 Å². The molecule has 37 heavy (non-hydrogen) atoms. The van der Waals surface area contributed by atoms with Crippen LogP contribution in [0.15, 0.2) is 36.4 Å². The number of hydrogen-bond acceptors (Lipinski definition) is 6. The van der Waals surface area contributed by atoms with Crippen LogP contribution in [-0.4, -0.2) is 24.0 Å². The molecule has 0 heterocycles. The third kappa shape index (κ3) is 8.05. The van der Waals surface area contributed by atoms with E-state index < -0.39 is 29.9 Å². The second-order valence-corrected chi connectivity index (χ2v) is 11.0. The highest BCUT2D eigenvalue weighted by atomic mass is 16.6. The maximum atomic E-state index is 12.3. The molecule has 3 atom stereocenters. The predicted octanol–water partition coefficient (Wildman–Crippen LogP) is 7.34. The van der Waals surface area contributed by atoms with Crippen LogP contribution in [0.5, 0.6) is 11.5 Å². The average Bonchev–Trinajstić information content (AvgIpc) is 2.77. The molecule has 0 radical (unpaired) electrons. The fourth-order valence-electron chi connectivity index (χ4n) is 5.31. The Hall–Kier alpha value is -2.89. The third-order valence-electron chi connectivity index (χ3n) is 7.25. The summed E-state index contributed by atoms with van der Waals surface area (Å²) in [6.07, 6.45) is 6.19. The molecule has 1 saturated carbocycles. The van der Waals surface area contributed by atoms with Crippen LogP contribution < -0.4 is 9.47 Å². The van der Waals surface area contributed by atoms with Crippen LogP contribution in [0.1, 0.15) is 110 Å². The number of hydrogen-bond donors (Lipinski definition) is 0. The maximum Gasteiger partial charge on any atom is 0.308 e. The summed E-state index contributed by atoms with van der Waals surface area (Å²) >= 11 is 0. The van der Waals surface area contributed by atoms with Gasteiger partial charge in [-0.05, 0) is 60.8 Å². The summed E-state index contributed by atoms with van der Waals surface area (Å²) < 4.78 is 17.4. The van der Waals surface area contributed by atoms with E-state index in [1.54, 1.807) is 0 Å². The fourth-order valence-corrected chi connectivity index (χ4v) is 5.31. The second kappa shape index (κ2) is 13.1. The van der Waals surface area contributed by atoms with Crippen molar-refractivity contribution in [2.24, 2.45) is 5.92 Å². The van der Waals surface area contributed by atoms with Gasteiger partial charge in [0.25, 0.3) is 0 Å². The second-order valence-electron chi connectivity index (χ2n) is 11.0. The van der Waals surface area contributed by atoms with E-state index in [-0.39, 0.29) is 11.3 Å². The van der Waals surface area contributed by atoms with E-state index in [1.807, 2.05) is 19.1 Å². The van der Waals surface area contributed by atoms with Crippen molar-refractivity contribution < 1.29 is 28.6 Å². The van der Waals surface area contributed by atoms with E-state index in [1.165, 1.54) is 27.2 Å². The molecule has 6 nitrogen and oxygen atoms in total. The van der Waals surface area contributed by atoms with Crippen molar-refractivity contribution >= 4 is 17.9 Å². The van der Waals surface area contributed by atoms with Crippen LogP contribution in [0.4, 0.5) is 0 Å². The van der Waals surface area contributed by atoms with Gasteiger partial charge in [-0.25, -0.2) is 0 Å². The Kier molecular flexibility index (Phi) is 10.7. The summed E-state index contributed by atoms with van der Waals surface area (Å²) in [7, 11) is 0. The van der Waals surface area contributed by atoms with Gasteiger partial charge in [-0.3, -0.25) is 14.4 Å². The van der Waals surface area contributed by atoms with E-state index >= 15 is 0 Å². The summed E-state index contributed by atoms with van der Waals surface area (Å²) in [4.78, 5) is 36.7. The Morgan fingerprint density at radius 1 is 0.946 bits per heavy atom. The quantitative estimate of drug-likeness (QED) is 0.134. The molecule has 204 valence electrons. The van der Waals surface area contributed by atoms with E-state index in [0.717, 1.165) is 48.8 Å². The Morgan fingerprint density at radius 2 is 1.51 bits per heavy atom. The van der Waals surface area contributed by atoms with Gasteiger partial charge in [0.1, 0.15) is 17.6 Å². The largest absolute Gasteiger partial charge is 0.457 e. The number of ether oxygens (including phenoxy) is 3. The number of esters is 3. The number of rotatable bonds is 11. The minimum absolute atomic E-state index is 0.105. The first kappa shape index (κ1) is 30.3. The van der Waals surface area contributed by atoms with E-state index in [2.05, 4.69) is 33.9 Å². The van der Waals surface area contributed by atoms with Crippen LogP contribution in [0.25, 0.3) is 0 Å². The molecule has 1 fully saturated rings. The first-order chi connectivity index (χ1) is 17.3. The molecule has 0 spiro atoms. The van der Waals surface area contributed by atoms with Crippen LogP contribution in [-0.2, 0) is 24.5 Å². The summed E-state index contributed by atoms with van der Waals surface area (Å²) in [6, 6.07) is 3.75. The molecule has 1 aliphatic rings. The van der Waals surface area contributed by atoms with Gasteiger partial charge in [0.05, 0.1) is 0 Å². The lowest BCUT2D eigenvalue weighted by atomic mass is 9.68. The zero-order valence-corrected chi connectivity index (χ0v) is 23.7. The van der Waals surface area contributed by atoms with Crippen LogP contribution in [0, 0.1) is 5.92 Å². The molecular formula is C31H44O6. The van der Waals surface area contributed by atoms with Crippen molar-refractivity contribution in [1.82, 2.24) is 0 Å². The third-order valence-corrected chi connectivity index (χ3v) is 7.25. The van der Waals surface area contributed by atoms with E-state index in [9.17, 15) is 14.4 Å². The number of benzene rings is 1. The average molecular weight is 513 g/mol. The molecule has 1 aliphatic carbocycles. The molecule has 0 amide bonds. The molecule has 0 bridgehead atoms. The Balaban J connectivity index is 2.79. The molecule has 1 aromatic rings. The van der Waals surface area contributed by atoms with Gasteiger partial charge in [0.15, 0.2) is 0 Å². The summed E-state index contributed by atoms with van der Waals surface area (Å²) in [6.45, 7) is 20.8. The normalized spacial score (nSPS) is 19.8. The SMILES string of the molecule is C=C1CC[C@@H](C(=C)C)[C@H](c2c(OC(C)=O)cc(C(C)(C)CCCCCC)cc2OC(C)=O)C1OC(C)=O. The van der Waals surface area contributed by atoms with Gasteiger partial charge < -0.3 is 14.2 Å². The molecule has 2 rings (SSSR count). The smallest absolute Gasteiger partial charge is 0.308 e. The fraction of sp³-hybridized carbons (Fsp3) is 0.581. The van der Waals surface area contributed by atoms with Crippen molar-refractivity contribution in [3.8, 4) is 11.5 Å². The molecule has 0 N–H and O–H groups in total. The Morgan fingerprint density at radius 3 is 1.97 bits per heavy atom. The van der Waals surface area contributed by atoms with E-state index in [0.29, 0.717) is 23.5 Å². The lowest BCUT2D eigenvalue weighted by Gasteiger charge is -2.41. The highest BCUT2D eigenvalue weighted by molar-refractivity contribution is 5.74. The van der Waals surface area contributed by atoms with Crippen molar-refractivity contribution in [3.05, 3.63) is 47.6 Å². The van der Waals surface area contributed by atoms with Gasteiger partial charge in [0.2, 0.25) is 0 Å². The van der Waals surface area contributed by atoms with Crippen LogP contribution in [0.2, 0.25) is 0 Å². The number of carbonyl (C=O) groups is 3. The molecular weight excluding hydrogens is 468 g/mol. The lowest BCUT2D eigenvalue weighted by molar-refractivity contribution is -0.147. The highest BCUT2D eigenvalue weighted by Crippen LogP contribution is 2.51. The highest BCUT2D eigenvalue weighted by Gasteiger charge is 2.43. The Bertz CT molecular complexity index is 997. The predicted molar refractivity (Wildman–Crippen MR) is 146 cm³/mol. The lowest BCUT2D eigenvalue weighted by Crippen LogP contribution is -2.36. The van der Waals surface area contributed by atoms with Gasteiger partial charge in [0, 0.05) is 32.3 Å². The molecule has 1 unspecified atom stereocenters. The topological polar surface area (TPSA) is 78.9 Å². The minimum atomic E-state index is -0.676. The van der Waals surface area contributed by atoms with Crippen molar-refractivity contribution in [2.45, 2.75) is 111 Å². The maximum absolute atomic E-state index is 12.3. The number of unbranched alkanes of at least 4 members (excludes halogenated alkanes) is 3. The van der Waals surface area contributed by atoms with E-state index in [4.69, 9.17) is 14.2 Å². The van der Waals surface area contributed by atoms with Gasteiger partial charge in [-0.2, -0.15) is 0 Å². The zero-order chi connectivity index (χ0) is 27.9. The van der Waals surface area contributed by atoms with Crippen molar-refractivity contribution in [2.75, 3.05) is 0 Å². The van der Waals surface area contributed by atoms with Gasteiger partial charge >= 0.3 is 17.9 Å². The Labute approximate surface area is 222 Å². The first-order valence-electron chi connectivity index (χ1n) is 13.3.